The Morgan fingerprint density at radius 3 is 2.68 bits per heavy atom. The molecule has 1 fully saturated rings. The number of hydrogen-bond acceptors (Lipinski definition) is 3. The van der Waals surface area contributed by atoms with Crippen molar-refractivity contribution in [2.75, 3.05) is 19.7 Å². The van der Waals surface area contributed by atoms with Crippen LogP contribution in [0, 0.1) is 11.8 Å². The van der Waals surface area contributed by atoms with Crippen LogP contribution in [-0.4, -0.2) is 40.9 Å². The molecule has 0 radical (unpaired) electrons. The Morgan fingerprint density at radius 2 is 1.95 bits per heavy atom. The highest BCUT2D eigenvalue weighted by Gasteiger charge is 2.17. The molecule has 0 unspecified atom stereocenters. The highest BCUT2D eigenvalue weighted by atomic mass is 16.3. The largest absolute Gasteiger partial charge is 0.395 e. The molecule has 2 N–H and O–H groups in total. The van der Waals surface area contributed by atoms with Crippen LogP contribution in [0.3, 0.4) is 0 Å². The van der Waals surface area contributed by atoms with Crippen molar-refractivity contribution >= 4 is 0 Å². The molecule has 1 aliphatic rings. The summed E-state index contributed by atoms with van der Waals surface area (Å²) in [7, 11) is 0. The standard InChI is InChI=1S/C16H21NO2/c18-12-4-3-6-14-5-1-2-7-15(14)13-17-10-8-16(19)9-11-17/h1-2,5,7,16,18-19H,4,8-13H2. The molecular formula is C16H21NO2. The van der Waals surface area contributed by atoms with Crippen LogP contribution < -0.4 is 0 Å². The van der Waals surface area contributed by atoms with Gasteiger partial charge in [0.25, 0.3) is 0 Å². The molecule has 1 heterocycles. The van der Waals surface area contributed by atoms with E-state index in [9.17, 15) is 5.11 Å². The number of likely N-dealkylation sites (tertiary alicyclic amines) is 1. The maximum atomic E-state index is 9.52. The lowest BCUT2D eigenvalue weighted by molar-refractivity contribution is 0.0792. The molecular weight excluding hydrogens is 238 g/mol. The van der Waals surface area contributed by atoms with Gasteiger partial charge in [0, 0.05) is 31.6 Å². The molecule has 0 saturated carbocycles. The third-order valence-corrected chi connectivity index (χ3v) is 3.43. The summed E-state index contributed by atoms with van der Waals surface area (Å²) in [5.74, 6) is 6.10. The zero-order chi connectivity index (χ0) is 13.5. The second kappa shape index (κ2) is 7.30. The van der Waals surface area contributed by atoms with Crippen molar-refractivity contribution < 1.29 is 10.2 Å². The Bertz CT molecular complexity index is 453. The average Bonchev–Trinajstić information content (AvgIpc) is 2.43. The molecule has 0 spiro atoms. The first-order chi connectivity index (χ1) is 9.29. The Balaban J connectivity index is 2.02. The van der Waals surface area contributed by atoms with Gasteiger partial charge in [-0.2, -0.15) is 0 Å². The number of benzene rings is 1. The second-order valence-corrected chi connectivity index (χ2v) is 4.94. The van der Waals surface area contributed by atoms with E-state index in [4.69, 9.17) is 5.11 Å². The van der Waals surface area contributed by atoms with Gasteiger partial charge in [-0.15, -0.1) is 0 Å². The fraction of sp³-hybridized carbons (Fsp3) is 0.500. The molecule has 1 aromatic rings. The van der Waals surface area contributed by atoms with Crippen molar-refractivity contribution in [3.8, 4) is 11.8 Å². The fourth-order valence-electron chi connectivity index (χ4n) is 2.31. The van der Waals surface area contributed by atoms with E-state index in [-0.39, 0.29) is 12.7 Å². The number of aliphatic hydroxyl groups excluding tert-OH is 2. The summed E-state index contributed by atoms with van der Waals surface area (Å²) in [6.07, 6.45) is 2.11. The van der Waals surface area contributed by atoms with Crippen LogP contribution in [0.1, 0.15) is 30.4 Å². The van der Waals surface area contributed by atoms with E-state index in [1.165, 1.54) is 5.56 Å². The van der Waals surface area contributed by atoms with E-state index in [0.717, 1.165) is 38.0 Å². The third-order valence-electron chi connectivity index (χ3n) is 3.43. The van der Waals surface area contributed by atoms with E-state index in [1.807, 2.05) is 18.2 Å². The second-order valence-electron chi connectivity index (χ2n) is 4.94. The summed E-state index contributed by atoms with van der Waals surface area (Å²) in [6, 6.07) is 8.16. The zero-order valence-electron chi connectivity index (χ0n) is 11.2. The van der Waals surface area contributed by atoms with E-state index in [0.29, 0.717) is 6.42 Å². The maximum absolute atomic E-state index is 9.52. The molecule has 1 saturated heterocycles. The topological polar surface area (TPSA) is 43.7 Å². The minimum Gasteiger partial charge on any atom is -0.395 e. The summed E-state index contributed by atoms with van der Waals surface area (Å²) >= 11 is 0. The van der Waals surface area contributed by atoms with Gasteiger partial charge in [-0.25, -0.2) is 0 Å². The zero-order valence-corrected chi connectivity index (χ0v) is 11.2. The number of piperidine rings is 1. The predicted molar refractivity (Wildman–Crippen MR) is 75.5 cm³/mol. The first kappa shape index (κ1) is 14.1. The Morgan fingerprint density at radius 1 is 1.21 bits per heavy atom. The van der Waals surface area contributed by atoms with E-state index >= 15 is 0 Å². The molecule has 0 aliphatic carbocycles. The van der Waals surface area contributed by atoms with Gasteiger partial charge in [-0.1, -0.05) is 30.0 Å². The van der Waals surface area contributed by atoms with Crippen molar-refractivity contribution in [1.82, 2.24) is 4.90 Å². The number of hydrogen-bond donors (Lipinski definition) is 2. The first-order valence-electron chi connectivity index (χ1n) is 6.87. The van der Waals surface area contributed by atoms with Crippen LogP contribution in [0.4, 0.5) is 0 Å². The minimum absolute atomic E-state index is 0.110. The highest BCUT2D eigenvalue weighted by molar-refractivity contribution is 5.41. The van der Waals surface area contributed by atoms with Gasteiger partial charge in [0.05, 0.1) is 12.7 Å². The van der Waals surface area contributed by atoms with Gasteiger partial charge >= 0.3 is 0 Å². The van der Waals surface area contributed by atoms with Crippen LogP contribution >= 0.6 is 0 Å². The molecule has 2 rings (SSSR count). The van der Waals surface area contributed by atoms with Crippen molar-refractivity contribution in [1.29, 1.82) is 0 Å². The van der Waals surface area contributed by atoms with E-state index in [2.05, 4.69) is 22.8 Å². The Hall–Kier alpha value is -1.34. The lowest BCUT2D eigenvalue weighted by atomic mass is 10.0. The minimum atomic E-state index is -0.129. The van der Waals surface area contributed by atoms with Gasteiger partial charge < -0.3 is 10.2 Å². The van der Waals surface area contributed by atoms with Gasteiger partial charge in [0.15, 0.2) is 0 Å². The summed E-state index contributed by atoms with van der Waals surface area (Å²) in [6.45, 7) is 2.88. The van der Waals surface area contributed by atoms with Crippen molar-refractivity contribution in [3.63, 3.8) is 0 Å². The Labute approximate surface area is 114 Å². The molecule has 0 atom stereocenters. The summed E-state index contributed by atoms with van der Waals surface area (Å²) < 4.78 is 0. The van der Waals surface area contributed by atoms with Gasteiger partial charge in [-0.3, -0.25) is 4.90 Å². The molecule has 19 heavy (non-hydrogen) atoms. The van der Waals surface area contributed by atoms with Crippen LogP contribution in [0.2, 0.25) is 0 Å². The van der Waals surface area contributed by atoms with Crippen molar-refractivity contribution in [2.24, 2.45) is 0 Å². The van der Waals surface area contributed by atoms with Crippen LogP contribution in [0.15, 0.2) is 24.3 Å². The molecule has 102 valence electrons. The monoisotopic (exact) mass is 259 g/mol. The SMILES string of the molecule is OCCC#Cc1ccccc1CN1CCC(O)CC1. The predicted octanol–water partition coefficient (Wildman–Crippen LogP) is 1.38. The van der Waals surface area contributed by atoms with Gasteiger partial charge in [-0.05, 0) is 24.5 Å². The maximum Gasteiger partial charge on any atom is 0.0564 e. The average molecular weight is 259 g/mol. The smallest absolute Gasteiger partial charge is 0.0564 e. The van der Waals surface area contributed by atoms with E-state index < -0.39 is 0 Å². The number of nitrogens with zero attached hydrogens (tertiary/aromatic N) is 1. The molecule has 3 nitrogen and oxygen atoms in total. The van der Waals surface area contributed by atoms with Crippen molar-refractivity contribution in [2.45, 2.75) is 31.9 Å². The van der Waals surface area contributed by atoms with Gasteiger partial charge in [0.2, 0.25) is 0 Å². The fourth-order valence-corrected chi connectivity index (χ4v) is 2.31. The quantitative estimate of drug-likeness (QED) is 0.806. The molecule has 1 aromatic carbocycles. The van der Waals surface area contributed by atoms with Crippen LogP contribution in [0.5, 0.6) is 0 Å². The number of rotatable bonds is 3. The lowest BCUT2D eigenvalue weighted by Crippen LogP contribution is -2.35. The van der Waals surface area contributed by atoms with Crippen molar-refractivity contribution in [3.05, 3.63) is 35.4 Å². The van der Waals surface area contributed by atoms with Crippen LogP contribution in [0.25, 0.3) is 0 Å². The summed E-state index contributed by atoms with van der Waals surface area (Å²) in [5.41, 5.74) is 2.27. The Kier molecular flexibility index (Phi) is 5.41. The summed E-state index contributed by atoms with van der Waals surface area (Å²) in [4.78, 5) is 2.36. The molecule has 0 bridgehead atoms. The number of aliphatic hydroxyl groups is 2. The van der Waals surface area contributed by atoms with E-state index in [1.54, 1.807) is 0 Å². The molecule has 3 heteroatoms. The highest BCUT2D eigenvalue weighted by Crippen LogP contribution is 2.16. The first-order valence-corrected chi connectivity index (χ1v) is 6.87. The lowest BCUT2D eigenvalue weighted by Gasteiger charge is -2.29. The molecule has 1 aliphatic heterocycles. The molecule has 0 amide bonds. The normalized spacial score (nSPS) is 16.9. The summed E-state index contributed by atoms with van der Waals surface area (Å²) in [5, 5.41) is 18.3. The third kappa shape index (κ3) is 4.36. The van der Waals surface area contributed by atoms with Crippen LogP contribution in [-0.2, 0) is 6.54 Å². The molecule has 0 aromatic heterocycles. The van der Waals surface area contributed by atoms with Gasteiger partial charge in [0.1, 0.15) is 0 Å².